The summed E-state index contributed by atoms with van der Waals surface area (Å²) in [6, 6.07) is 0. The number of aliphatic hydroxyl groups excluding tert-OH is 1. The van der Waals surface area contributed by atoms with E-state index in [9.17, 15) is 4.79 Å². The van der Waals surface area contributed by atoms with Crippen LogP contribution in [-0.2, 0) is 4.79 Å². The van der Waals surface area contributed by atoms with Crippen molar-refractivity contribution in [2.24, 2.45) is 0 Å². The first-order chi connectivity index (χ1) is 3.66. The van der Waals surface area contributed by atoms with Gasteiger partial charge in [-0.1, -0.05) is 6.92 Å². The summed E-state index contributed by atoms with van der Waals surface area (Å²) in [5.41, 5.74) is 0. The van der Waals surface area contributed by atoms with Crippen molar-refractivity contribution in [3.05, 3.63) is 0 Å². The van der Waals surface area contributed by atoms with E-state index in [0.717, 1.165) is 0 Å². The zero-order valence-electron chi connectivity index (χ0n) is 4.79. The molecule has 1 atom stereocenters. The average Bonchev–Trinajstić information content (AvgIpc) is 1.65. The molecule has 0 aromatic rings. The van der Waals surface area contributed by atoms with Gasteiger partial charge in [0.05, 0.1) is 0 Å². The molecule has 0 aliphatic carbocycles. The van der Waals surface area contributed by atoms with Gasteiger partial charge in [-0.2, -0.15) is 12.6 Å². The molecule has 0 aromatic heterocycles. The van der Waals surface area contributed by atoms with Crippen LogP contribution in [0.3, 0.4) is 0 Å². The van der Waals surface area contributed by atoms with E-state index in [1.165, 1.54) is 0 Å². The van der Waals surface area contributed by atoms with E-state index in [1.54, 1.807) is 0 Å². The van der Waals surface area contributed by atoms with E-state index in [1.807, 2.05) is 6.92 Å². The third-order valence-corrected chi connectivity index (χ3v) is 0.882. The lowest BCUT2D eigenvalue weighted by Gasteiger charge is -1.97. The maximum Gasteiger partial charge on any atom is 0.159 e. The topological polar surface area (TPSA) is 37.3 Å². The van der Waals surface area contributed by atoms with Crippen LogP contribution in [0.2, 0.25) is 0 Å². The second kappa shape index (κ2) is 3.92. The number of carbonyl (C=O) groups is 1. The summed E-state index contributed by atoms with van der Waals surface area (Å²) < 4.78 is 0. The zero-order chi connectivity index (χ0) is 6.57. The Bertz CT molecular complexity index is 80.5. The number of ketones is 1. The summed E-state index contributed by atoms with van der Waals surface area (Å²) in [7, 11) is 0. The maximum absolute atomic E-state index is 10.3. The predicted octanol–water partition coefficient (Wildman–Crippen LogP) is 0.256. The quantitative estimate of drug-likeness (QED) is 0.543. The van der Waals surface area contributed by atoms with E-state index in [0.29, 0.717) is 6.42 Å². The molecule has 0 heterocycles. The van der Waals surface area contributed by atoms with Crippen LogP contribution < -0.4 is 0 Å². The molecule has 0 fully saturated rings. The van der Waals surface area contributed by atoms with Gasteiger partial charge in [-0.05, 0) is 0 Å². The number of hydrogen-bond acceptors (Lipinski definition) is 3. The van der Waals surface area contributed by atoms with Crippen LogP contribution in [0, 0.1) is 0 Å². The zero-order valence-corrected chi connectivity index (χ0v) is 5.69. The van der Waals surface area contributed by atoms with Crippen LogP contribution in [0.1, 0.15) is 13.3 Å². The van der Waals surface area contributed by atoms with Crippen molar-refractivity contribution in [3.63, 3.8) is 0 Å². The van der Waals surface area contributed by atoms with Gasteiger partial charge in [0, 0.05) is 11.7 Å². The average molecular weight is 134 g/mol. The highest BCUT2D eigenvalue weighted by Gasteiger charge is 2.01. The first-order valence-corrected chi connectivity index (χ1v) is 2.99. The minimum Gasteiger partial charge on any atom is -0.389 e. The minimum absolute atomic E-state index is 0.0645. The van der Waals surface area contributed by atoms with Gasteiger partial charge in [-0.15, -0.1) is 0 Å². The number of Topliss-reactive ketones (excluding diaryl/α,β-unsaturated/α-hetero) is 1. The second-order valence-electron chi connectivity index (χ2n) is 1.75. The lowest BCUT2D eigenvalue weighted by atomic mass is 10.2. The first-order valence-electron chi connectivity index (χ1n) is 2.47. The molecule has 1 unspecified atom stereocenters. The molecule has 1 N–H and O–H groups in total. The fraction of sp³-hybridized carbons (Fsp3) is 0.800. The lowest BCUT2D eigenvalue weighted by Crippen LogP contribution is -2.08. The third-order valence-electron chi connectivity index (χ3n) is 0.699. The Hall–Kier alpha value is -0.0200. The Morgan fingerprint density at radius 2 is 2.38 bits per heavy atom. The summed E-state index contributed by atoms with van der Waals surface area (Å²) >= 11 is 3.96. The smallest absolute Gasteiger partial charge is 0.159 e. The van der Waals surface area contributed by atoms with Gasteiger partial charge >= 0.3 is 0 Å². The van der Waals surface area contributed by atoms with Crippen LogP contribution >= 0.6 is 12.6 Å². The largest absolute Gasteiger partial charge is 0.389 e. The Balaban J connectivity index is 3.25. The summed E-state index contributed by atoms with van der Waals surface area (Å²) in [6.07, 6.45) is 0.361. The van der Waals surface area contributed by atoms with Gasteiger partial charge in [0.25, 0.3) is 0 Å². The van der Waals surface area contributed by atoms with Crippen molar-refractivity contribution in [2.75, 3.05) is 6.61 Å². The van der Waals surface area contributed by atoms with Gasteiger partial charge in [-0.3, -0.25) is 4.79 Å². The van der Waals surface area contributed by atoms with Crippen molar-refractivity contribution in [1.29, 1.82) is 0 Å². The molecule has 0 spiro atoms. The fourth-order valence-corrected chi connectivity index (χ4v) is 0.598. The Morgan fingerprint density at radius 1 is 1.88 bits per heavy atom. The highest BCUT2D eigenvalue weighted by molar-refractivity contribution is 7.80. The molecule has 8 heavy (non-hydrogen) atoms. The van der Waals surface area contributed by atoms with E-state index >= 15 is 0 Å². The van der Waals surface area contributed by atoms with Crippen molar-refractivity contribution >= 4 is 18.4 Å². The van der Waals surface area contributed by atoms with Crippen LogP contribution in [0.25, 0.3) is 0 Å². The Labute approximate surface area is 54.3 Å². The van der Waals surface area contributed by atoms with Gasteiger partial charge < -0.3 is 5.11 Å². The van der Waals surface area contributed by atoms with Crippen molar-refractivity contribution < 1.29 is 9.90 Å². The molecule has 0 aromatic carbocycles. The van der Waals surface area contributed by atoms with Crippen LogP contribution in [-0.4, -0.2) is 22.7 Å². The van der Waals surface area contributed by atoms with Gasteiger partial charge in [0.2, 0.25) is 0 Å². The molecule has 0 saturated heterocycles. The van der Waals surface area contributed by atoms with Crippen molar-refractivity contribution in [2.45, 2.75) is 18.6 Å². The molecule has 2 nitrogen and oxygen atoms in total. The highest BCUT2D eigenvalue weighted by atomic mass is 32.1. The van der Waals surface area contributed by atoms with Gasteiger partial charge in [0.1, 0.15) is 6.61 Å². The summed E-state index contributed by atoms with van der Waals surface area (Å²) in [4.78, 5) is 10.3. The standard InChI is InChI=1S/C5H10O2S/c1-4(8)2-5(7)3-6/h4,6,8H,2-3H2,1H3. The van der Waals surface area contributed by atoms with E-state index in [4.69, 9.17) is 5.11 Å². The molecular formula is C5H10O2S. The second-order valence-corrected chi connectivity index (χ2v) is 2.63. The van der Waals surface area contributed by atoms with E-state index in [2.05, 4.69) is 12.6 Å². The summed E-state index contributed by atoms with van der Waals surface area (Å²) in [6.45, 7) is 1.46. The molecule has 0 aliphatic rings. The van der Waals surface area contributed by atoms with Crippen molar-refractivity contribution in [3.8, 4) is 0 Å². The van der Waals surface area contributed by atoms with Gasteiger partial charge in [0.15, 0.2) is 5.78 Å². The van der Waals surface area contributed by atoms with Crippen LogP contribution in [0.15, 0.2) is 0 Å². The number of hydrogen-bond donors (Lipinski definition) is 2. The molecule has 0 amide bonds. The predicted molar refractivity (Wildman–Crippen MR) is 35.2 cm³/mol. The number of rotatable bonds is 3. The number of aliphatic hydroxyl groups is 1. The molecule has 0 rings (SSSR count). The number of carbonyl (C=O) groups excluding carboxylic acids is 1. The van der Waals surface area contributed by atoms with E-state index < -0.39 is 0 Å². The SMILES string of the molecule is CC(S)CC(=O)CO. The molecular weight excluding hydrogens is 124 g/mol. The number of thiol groups is 1. The molecule has 0 saturated carbocycles. The summed E-state index contributed by atoms with van der Waals surface area (Å²) in [5, 5.41) is 8.26. The molecule has 0 radical (unpaired) electrons. The van der Waals surface area contributed by atoms with Crippen molar-refractivity contribution in [1.82, 2.24) is 0 Å². The Morgan fingerprint density at radius 3 is 2.50 bits per heavy atom. The van der Waals surface area contributed by atoms with Gasteiger partial charge in [-0.25, -0.2) is 0 Å². The lowest BCUT2D eigenvalue weighted by molar-refractivity contribution is -0.121. The van der Waals surface area contributed by atoms with E-state index in [-0.39, 0.29) is 17.6 Å². The summed E-state index contributed by atoms with van der Waals surface area (Å²) in [5.74, 6) is -0.146. The van der Waals surface area contributed by atoms with Crippen LogP contribution in [0.5, 0.6) is 0 Å². The molecule has 3 heteroatoms. The maximum atomic E-state index is 10.3. The van der Waals surface area contributed by atoms with Crippen LogP contribution in [0.4, 0.5) is 0 Å². The first kappa shape index (κ1) is 7.98. The fourth-order valence-electron chi connectivity index (χ4n) is 0.394. The monoisotopic (exact) mass is 134 g/mol. The molecule has 0 bridgehead atoms. The molecule has 0 aliphatic heterocycles. The highest BCUT2D eigenvalue weighted by Crippen LogP contribution is 1.98. The Kier molecular flexibility index (Phi) is 3.91. The third kappa shape index (κ3) is 4.15. The normalized spacial score (nSPS) is 13.4. The minimum atomic E-state index is -0.356. The molecule has 48 valence electrons.